The molecule has 0 amide bonds. The number of hydrogen-bond donors (Lipinski definition) is 1. The van der Waals surface area contributed by atoms with E-state index in [9.17, 15) is 4.79 Å². The first-order chi connectivity index (χ1) is 7.75. The van der Waals surface area contributed by atoms with Gasteiger partial charge in [0.25, 0.3) is 0 Å². The third-order valence-corrected chi connectivity index (χ3v) is 2.07. The summed E-state index contributed by atoms with van der Waals surface area (Å²) in [6.45, 7) is 0. The van der Waals surface area contributed by atoms with Crippen LogP contribution in [0, 0.1) is 0 Å². The highest BCUT2D eigenvalue weighted by molar-refractivity contribution is 5.66. The number of nitrogens with zero attached hydrogens (tertiary/aromatic N) is 2. The fraction of sp³-hybridized carbons (Fsp3) is 0.182. The smallest absolute Gasteiger partial charge is 0.303 e. The summed E-state index contributed by atoms with van der Waals surface area (Å²) in [7, 11) is 0. The predicted molar refractivity (Wildman–Crippen MR) is 55.7 cm³/mol. The van der Waals surface area contributed by atoms with Gasteiger partial charge in [-0.25, -0.2) is 4.98 Å². The minimum absolute atomic E-state index is 0.0643. The Labute approximate surface area is 91.8 Å². The molecule has 82 valence electrons. The van der Waals surface area contributed by atoms with Crippen LogP contribution in [0.1, 0.15) is 12.1 Å². The third-order valence-electron chi connectivity index (χ3n) is 2.07. The normalized spacial score (nSPS) is 10.2. The van der Waals surface area contributed by atoms with E-state index in [-0.39, 0.29) is 6.42 Å². The highest BCUT2D eigenvalue weighted by Crippen LogP contribution is 2.15. The van der Waals surface area contributed by atoms with Gasteiger partial charge in [0.15, 0.2) is 5.76 Å². The van der Waals surface area contributed by atoms with Gasteiger partial charge in [0.2, 0.25) is 0 Å². The predicted octanol–water partition coefficient (Wildman–Crippen LogP) is 1.75. The second-order valence-electron chi connectivity index (χ2n) is 3.26. The van der Waals surface area contributed by atoms with Crippen molar-refractivity contribution in [3.8, 4) is 11.5 Å². The van der Waals surface area contributed by atoms with Crippen molar-refractivity contribution >= 4 is 5.97 Å². The summed E-state index contributed by atoms with van der Waals surface area (Å²) < 4.78 is 5.16. The van der Waals surface area contributed by atoms with Crippen LogP contribution in [0.4, 0.5) is 0 Å². The number of rotatable bonds is 4. The molecule has 2 aromatic heterocycles. The van der Waals surface area contributed by atoms with Gasteiger partial charge >= 0.3 is 5.97 Å². The van der Waals surface area contributed by atoms with Crippen LogP contribution in [0.2, 0.25) is 0 Å². The van der Waals surface area contributed by atoms with E-state index in [2.05, 4.69) is 9.97 Å². The number of furan rings is 1. The first-order valence-corrected chi connectivity index (χ1v) is 4.82. The van der Waals surface area contributed by atoms with Crippen molar-refractivity contribution < 1.29 is 14.3 Å². The van der Waals surface area contributed by atoms with E-state index < -0.39 is 5.97 Å². The van der Waals surface area contributed by atoms with Gasteiger partial charge in [-0.3, -0.25) is 9.78 Å². The molecular weight excluding hydrogens is 208 g/mol. The molecule has 2 aromatic rings. The minimum Gasteiger partial charge on any atom is -0.481 e. The van der Waals surface area contributed by atoms with Gasteiger partial charge in [0.05, 0.1) is 24.6 Å². The Morgan fingerprint density at radius 2 is 2.25 bits per heavy atom. The third kappa shape index (κ3) is 2.44. The van der Waals surface area contributed by atoms with Gasteiger partial charge in [0.1, 0.15) is 5.69 Å². The Hall–Kier alpha value is -2.17. The van der Waals surface area contributed by atoms with E-state index >= 15 is 0 Å². The number of carboxylic acids is 1. The highest BCUT2D eigenvalue weighted by Gasteiger charge is 2.04. The maximum atomic E-state index is 10.4. The van der Waals surface area contributed by atoms with Crippen LogP contribution in [0.25, 0.3) is 11.5 Å². The number of aryl methyl sites for hydroxylation is 1. The zero-order valence-electron chi connectivity index (χ0n) is 8.46. The van der Waals surface area contributed by atoms with Crippen molar-refractivity contribution in [1.82, 2.24) is 9.97 Å². The van der Waals surface area contributed by atoms with Gasteiger partial charge in [-0.05, 0) is 12.1 Å². The molecule has 0 unspecified atom stereocenters. The first kappa shape index (κ1) is 10.4. The van der Waals surface area contributed by atoms with Gasteiger partial charge in [-0.2, -0.15) is 0 Å². The second-order valence-corrected chi connectivity index (χ2v) is 3.26. The first-order valence-electron chi connectivity index (χ1n) is 4.82. The SMILES string of the molecule is O=C(O)CCc1cnc(-c2ccco2)cn1. The van der Waals surface area contributed by atoms with E-state index in [1.54, 1.807) is 30.8 Å². The largest absolute Gasteiger partial charge is 0.481 e. The summed E-state index contributed by atoms with van der Waals surface area (Å²) >= 11 is 0. The van der Waals surface area contributed by atoms with Gasteiger partial charge in [0, 0.05) is 12.6 Å². The molecule has 0 aromatic carbocycles. The van der Waals surface area contributed by atoms with Gasteiger partial charge in [-0.1, -0.05) is 0 Å². The molecule has 0 saturated carbocycles. The van der Waals surface area contributed by atoms with Crippen LogP contribution >= 0.6 is 0 Å². The number of aliphatic carboxylic acids is 1. The zero-order chi connectivity index (χ0) is 11.4. The fourth-order valence-corrected chi connectivity index (χ4v) is 1.27. The molecule has 0 spiro atoms. The Kier molecular flexibility index (Phi) is 2.95. The fourth-order valence-electron chi connectivity index (χ4n) is 1.27. The number of carboxylic acid groups (broad SMARTS) is 1. The lowest BCUT2D eigenvalue weighted by atomic mass is 10.2. The van der Waals surface area contributed by atoms with Crippen molar-refractivity contribution in [1.29, 1.82) is 0 Å². The molecule has 5 heteroatoms. The Balaban J connectivity index is 2.08. The molecule has 0 saturated heterocycles. The van der Waals surface area contributed by atoms with Crippen molar-refractivity contribution in [3.63, 3.8) is 0 Å². The summed E-state index contributed by atoms with van der Waals surface area (Å²) in [5.41, 5.74) is 1.31. The lowest BCUT2D eigenvalue weighted by Gasteiger charge is -1.98. The molecule has 2 rings (SSSR count). The highest BCUT2D eigenvalue weighted by atomic mass is 16.4. The van der Waals surface area contributed by atoms with E-state index in [4.69, 9.17) is 9.52 Å². The van der Waals surface area contributed by atoms with Gasteiger partial charge < -0.3 is 9.52 Å². The summed E-state index contributed by atoms with van der Waals surface area (Å²) in [6.07, 6.45) is 5.17. The lowest BCUT2D eigenvalue weighted by Crippen LogP contribution is -2.00. The maximum absolute atomic E-state index is 10.4. The van der Waals surface area contributed by atoms with Crippen LogP contribution in [-0.4, -0.2) is 21.0 Å². The van der Waals surface area contributed by atoms with E-state index in [1.807, 2.05) is 0 Å². The molecule has 5 nitrogen and oxygen atoms in total. The van der Waals surface area contributed by atoms with E-state index in [1.165, 1.54) is 0 Å². The molecule has 0 aliphatic carbocycles. The van der Waals surface area contributed by atoms with Crippen LogP contribution < -0.4 is 0 Å². The van der Waals surface area contributed by atoms with Crippen LogP contribution in [0.15, 0.2) is 35.2 Å². The molecule has 0 atom stereocenters. The van der Waals surface area contributed by atoms with Gasteiger partial charge in [-0.15, -0.1) is 0 Å². The summed E-state index contributed by atoms with van der Waals surface area (Å²) in [6, 6.07) is 3.57. The average molecular weight is 218 g/mol. The Bertz CT molecular complexity index is 462. The molecular formula is C11H10N2O3. The topological polar surface area (TPSA) is 76.2 Å². The molecule has 0 fully saturated rings. The maximum Gasteiger partial charge on any atom is 0.303 e. The van der Waals surface area contributed by atoms with Crippen molar-refractivity contribution in [2.75, 3.05) is 0 Å². The lowest BCUT2D eigenvalue weighted by molar-refractivity contribution is -0.136. The summed E-state index contributed by atoms with van der Waals surface area (Å²) in [5.74, 6) is -0.186. The van der Waals surface area contributed by atoms with Crippen molar-refractivity contribution in [2.24, 2.45) is 0 Å². The molecule has 1 N–H and O–H groups in total. The quantitative estimate of drug-likeness (QED) is 0.846. The molecule has 0 bridgehead atoms. The van der Waals surface area contributed by atoms with Crippen LogP contribution in [0.5, 0.6) is 0 Å². The van der Waals surface area contributed by atoms with Crippen molar-refractivity contribution in [3.05, 3.63) is 36.5 Å². The molecule has 0 aliphatic heterocycles. The summed E-state index contributed by atoms with van der Waals surface area (Å²) in [5, 5.41) is 8.52. The summed E-state index contributed by atoms with van der Waals surface area (Å²) in [4.78, 5) is 18.6. The van der Waals surface area contributed by atoms with Crippen molar-refractivity contribution in [2.45, 2.75) is 12.8 Å². The molecule has 16 heavy (non-hydrogen) atoms. The zero-order valence-corrected chi connectivity index (χ0v) is 8.46. The van der Waals surface area contributed by atoms with E-state index in [0.717, 1.165) is 0 Å². The standard InChI is InChI=1S/C11H10N2O3/c14-11(15)4-3-8-6-13-9(7-12-8)10-2-1-5-16-10/h1-2,5-7H,3-4H2,(H,14,15). The second kappa shape index (κ2) is 4.57. The monoisotopic (exact) mass is 218 g/mol. The number of carbonyl (C=O) groups is 1. The molecule has 0 aliphatic rings. The van der Waals surface area contributed by atoms with E-state index in [0.29, 0.717) is 23.6 Å². The molecule has 2 heterocycles. The average Bonchev–Trinajstić information content (AvgIpc) is 2.80. The van der Waals surface area contributed by atoms with Crippen LogP contribution in [0.3, 0.4) is 0 Å². The number of hydrogen-bond acceptors (Lipinski definition) is 4. The Morgan fingerprint density at radius 1 is 1.38 bits per heavy atom. The molecule has 0 radical (unpaired) electrons. The Morgan fingerprint density at radius 3 is 2.81 bits per heavy atom. The minimum atomic E-state index is -0.836. The van der Waals surface area contributed by atoms with Crippen LogP contribution in [-0.2, 0) is 11.2 Å². The number of aromatic nitrogens is 2.